The average Bonchev–Trinajstić information content (AvgIpc) is 3.06. The number of likely N-dealkylation sites (tertiary alicyclic amines) is 1. The Morgan fingerprint density at radius 2 is 2.05 bits per heavy atom. The molecule has 118 valence electrons. The first-order chi connectivity index (χ1) is 10.6. The van der Waals surface area contributed by atoms with Gasteiger partial charge in [0.05, 0.1) is 5.75 Å². The molecule has 1 fully saturated rings. The number of carbonyl (C=O) groups excluding carboxylic acids is 2. The van der Waals surface area contributed by atoms with Gasteiger partial charge in [-0.1, -0.05) is 30.0 Å². The fraction of sp³-hybridized carbons (Fsp3) is 0.400. The van der Waals surface area contributed by atoms with E-state index in [9.17, 15) is 9.59 Å². The third-order valence-electron chi connectivity index (χ3n) is 3.33. The van der Waals surface area contributed by atoms with Crippen molar-refractivity contribution in [3.63, 3.8) is 0 Å². The van der Waals surface area contributed by atoms with Crippen LogP contribution in [-0.4, -0.2) is 46.9 Å². The third kappa shape index (κ3) is 4.71. The van der Waals surface area contributed by atoms with Gasteiger partial charge < -0.3 is 15.5 Å². The van der Waals surface area contributed by atoms with E-state index in [-0.39, 0.29) is 17.6 Å². The lowest BCUT2D eigenvalue weighted by molar-refractivity contribution is -0.113. The molecule has 0 atom stereocenters. The maximum atomic E-state index is 12.0. The molecule has 1 aromatic rings. The minimum Gasteiger partial charge on any atom is -0.358 e. The molecule has 7 heteroatoms. The zero-order valence-electron chi connectivity index (χ0n) is 12.4. The van der Waals surface area contributed by atoms with Gasteiger partial charge in [0.25, 0.3) is 5.91 Å². The summed E-state index contributed by atoms with van der Waals surface area (Å²) in [5.41, 5.74) is 1.12. The molecule has 1 aliphatic heterocycles. The molecule has 1 aromatic carbocycles. The predicted molar refractivity (Wildman–Crippen MR) is 94.3 cm³/mol. The van der Waals surface area contributed by atoms with E-state index in [1.807, 2.05) is 0 Å². The summed E-state index contributed by atoms with van der Waals surface area (Å²) in [4.78, 5) is 25.7. The Balaban J connectivity index is 1.84. The Labute approximate surface area is 139 Å². The number of benzene rings is 1. The Morgan fingerprint density at radius 1 is 1.32 bits per heavy atom. The molecule has 0 saturated carbocycles. The average molecular weight is 337 g/mol. The summed E-state index contributed by atoms with van der Waals surface area (Å²) in [6.07, 6.45) is 2.33. The van der Waals surface area contributed by atoms with Crippen molar-refractivity contribution in [1.82, 2.24) is 10.2 Å². The molecule has 1 saturated heterocycles. The van der Waals surface area contributed by atoms with Gasteiger partial charge in [0, 0.05) is 31.4 Å². The zero-order chi connectivity index (χ0) is 15.9. The zero-order valence-corrected chi connectivity index (χ0v) is 14.1. The number of thioether (sulfide) groups is 1. The molecular weight excluding hydrogens is 318 g/mol. The van der Waals surface area contributed by atoms with Crippen LogP contribution in [0.2, 0.25) is 0 Å². The molecule has 0 radical (unpaired) electrons. The van der Waals surface area contributed by atoms with Gasteiger partial charge in [0.15, 0.2) is 0 Å². The first-order valence-electron chi connectivity index (χ1n) is 7.14. The van der Waals surface area contributed by atoms with Crippen molar-refractivity contribution in [2.75, 3.05) is 31.2 Å². The van der Waals surface area contributed by atoms with Crippen molar-refractivity contribution in [3.8, 4) is 0 Å². The number of nitrogens with one attached hydrogen (secondary N) is 2. The van der Waals surface area contributed by atoms with Gasteiger partial charge in [-0.05, 0) is 31.0 Å². The second-order valence-corrected chi connectivity index (χ2v) is 6.57. The Bertz CT molecular complexity index is 572. The van der Waals surface area contributed by atoms with Gasteiger partial charge >= 0.3 is 0 Å². The maximum absolute atomic E-state index is 12.0. The fourth-order valence-corrected chi connectivity index (χ4v) is 3.25. The van der Waals surface area contributed by atoms with Crippen molar-refractivity contribution in [1.29, 1.82) is 0 Å². The van der Waals surface area contributed by atoms with Crippen LogP contribution in [0.5, 0.6) is 0 Å². The van der Waals surface area contributed by atoms with Gasteiger partial charge in [-0.25, -0.2) is 0 Å². The van der Waals surface area contributed by atoms with Gasteiger partial charge in [-0.15, -0.1) is 0 Å². The van der Waals surface area contributed by atoms with E-state index in [1.54, 1.807) is 31.3 Å². The van der Waals surface area contributed by atoms with Gasteiger partial charge in [0.1, 0.15) is 4.32 Å². The summed E-state index contributed by atoms with van der Waals surface area (Å²) in [7, 11) is 1.57. The highest BCUT2D eigenvalue weighted by Crippen LogP contribution is 2.17. The fourth-order valence-electron chi connectivity index (χ4n) is 2.20. The topological polar surface area (TPSA) is 61.4 Å². The Kier molecular flexibility index (Phi) is 6.21. The molecule has 22 heavy (non-hydrogen) atoms. The molecule has 5 nitrogen and oxygen atoms in total. The molecule has 1 aliphatic rings. The standard InChI is InChI=1S/C15H19N3O2S2/c1-16-14(20)11-5-4-6-12(9-11)17-13(19)10-22-15(21)18-7-2-3-8-18/h4-6,9H,2-3,7-8,10H2,1H3,(H,16,20)(H,17,19). The van der Waals surface area contributed by atoms with E-state index in [0.717, 1.165) is 17.4 Å². The Hall–Kier alpha value is -1.60. The summed E-state index contributed by atoms with van der Waals surface area (Å²) in [6.45, 7) is 1.98. The predicted octanol–water partition coefficient (Wildman–Crippen LogP) is 2.10. The van der Waals surface area contributed by atoms with Crippen LogP contribution in [0.15, 0.2) is 24.3 Å². The lowest BCUT2D eigenvalue weighted by atomic mass is 10.2. The summed E-state index contributed by atoms with van der Waals surface area (Å²) < 4.78 is 0.784. The molecule has 2 amide bonds. The molecule has 0 bridgehead atoms. The van der Waals surface area contributed by atoms with Crippen LogP contribution < -0.4 is 10.6 Å². The van der Waals surface area contributed by atoms with E-state index in [2.05, 4.69) is 15.5 Å². The highest BCUT2D eigenvalue weighted by molar-refractivity contribution is 8.23. The summed E-state index contributed by atoms with van der Waals surface area (Å²) >= 11 is 6.71. The van der Waals surface area contributed by atoms with Gasteiger partial charge in [-0.3, -0.25) is 9.59 Å². The lowest BCUT2D eigenvalue weighted by Crippen LogP contribution is -2.25. The van der Waals surface area contributed by atoms with Crippen LogP contribution in [0.1, 0.15) is 23.2 Å². The smallest absolute Gasteiger partial charge is 0.251 e. The minimum absolute atomic E-state index is 0.124. The monoisotopic (exact) mass is 337 g/mol. The minimum atomic E-state index is -0.180. The van der Waals surface area contributed by atoms with Crippen molar-refractivity contribution < 1.29 is 9.59 Å². The molecule has 0 unspecified atom stereocenters. The number of amides is 2. The molecule has 0 spiro atoms. The highest BCUT2D eigenvalue weighted by Gasteiger charge is 2.16. The highest BCUT2D eigenvalue weighted by atomic mass is 32.2. The second-order valence-electron chi connectivity index (χ2n) is 4.96. The SMILES string of the molecule is CNC(=O)c1cccc(NC(=O)CSC(=S)N2CCCC2)c1. The molecule has 0 aliphatic carbocycles. The summed E-state index contributed by atoms with van der Waals surface area (Å²) in [6, 6.07) is 6.85. The van der Waals surface area contributed by atoms with Crippen molar-refractivity contribution in [3.05, 3.63) is 29.8 Å². The molecule has 0 aromatic heterocycles. The van der Waals surface area contributed by atoms with Crippen LogP contribution in [0.4, 0.5) is 5.69 Å². The molecule has 1 heterocycles. The van der Waals surface area contributed by atoms with E-state index in [1.165, 1.54) is 24.6 Å². The number of anilines is 1. The molecular formula is C15H19N3O2S2. The van der Waals surface area contributed by atoms with Crippen LogP contribution in [0.25, 0.3) is 0 Å². The molecule has 2 rings (SSSR count). The van der Waals surface area contributed by atoms with E-state index in [4.69, 9.17) is 12.2 Å². The van der Waals surface area contributed by atoms with Crippen molar-refractivity contribution in [2.45, 2.75) is 12.8 Å². The maximum Gasteiger partial charge on any atom is 0.251 e. The van der Waals surface area contributed by atoms with E-state index in [0.29, 0.717) is 11.3 Å². The van der Waals surface area contributed by atoms with E-state index >= 15 is 0 Å². The van der Waals surface area contributed by atoms with Crippen LogP contribution in [0, 0.1) is 0 Å². The van der Waals surface area contributed by atoms with Crippen LogP contribution in [-0.2, 0) is 4.79 Å². The number of thiocarbonyl (C=S) groups is 1. The van der Waals surface area contributed by atoms with Crippen molar-refractivity contribution in [2.24, 2.45) is 0 Å². The first-order valence-corrected chi connectivity index (χ1v) is 8.53. The van der Waals surface area contributed by atoms with E-state index < -0.39 is 0 Å². The normalized spacial score (nSPS) is 13.8. The quantitative estimate of drug-likeness (QED) is 0.824. The summed E-state index contributed by atoms with van der Waals surface area (Å²) in [5, 5.41) is 5.34. The molecule has 2 N–H and O–H groups in total. The number of nitrogens with zero attached hydrogens (tertiary/aromatic N) is 1. The first kappa shape index (κ1) is 16.8. The Morgan fingerprint density at radius 3 is 2.73 bits per heavy atom. The van der Waals surface area contributed by atoms with Gasteiger partial charge in [0.2, 0.25) is 5.91 Å². The van der Waals surface area contributed by atoms with Crippen LogP contribution in [0.3, 0.4) is 0 Å². The number of rotatable bonds is 4. The second kappa shape index (κ2) is 8.14. The largest absolute Gasteiger partial charge is 0.358 e. The van der Waals surface area contributed by atoms with Crippen LogP contribution >= 0.6 is 24.0 Å². The lowest BCUT2D eigenvalue weighted by Gasteiger charge is -2.17. The number of carbonyl (C=O) groups is 2. The number of hydrogen-bond donors (Lipinski definition) is 2. The van der Waals surface area contributed by atoms with Crippen molar-refractivity contribution >= 4 is 45.8 Å². The third-order valence-corrected chi connectivity index (χ3v) is 4.85. The summed E-state index contributed by atoms with van der Waals surface area (Å²) in [5.74, 6) is -0.0270. The van der Waals surface area contributed by atoms with Gasteiger partial charge in [-0.2, -0.15) is 0 Å². The number of hydrogen-bond acceptors (Lipinski definition) is 4.